The Morgan fingerprint density at radius 3 is 2.64 bits per heavy atom. The molecule has 0 aliphatic carbocycles. The van der Waals surface area contributed by atoms with Gasteiger partial charge in [-0.15, -0.1) is 0 Å². The summed E-state index contributed by atoms with van der Waals surface area (Å²) in [6.45, 7) is 1.71. The van der Waals surface area contributed by atoms with Gasteiger partial charge in [0.1, 0.15) is 11.6 Å². The predicted molar refractivity (Wildman–Crippen MR) is 113 cm³/mol. The van der Waals surface area contributed by atoms with E-state index in [1.165, 1.54) is 0 Å². The molecule has 0 aliphatic heterocycles. The predicted octanol–water partition coefficient (Wildman–Crippen LogP) is 4.45. The molecule has 0 bridgehead atoms. The highest BCUT2D eigenvalue weighted by molar-refractivity contribution is 6.34. The first kappa shape index (κ1) is 20.5. The molecule has 0 saturated heterocycles. The summed E-state index contributed by atoms with van der Waals surface area (Å²) in [6.07, 6.45) is 3.66. The summed E-state index contributed by atoms with van der Waals surface area (Å²) >= 11 is 12.3. The SMILES string of the molecule is CN(C)CCNc1cccc(OC(Cc2cc(Cl)cc(Cl)c2)c2ncc[nH]2)n1. The van der Waals surface area contributed by atoms with Crippen molar-refractivity contribution in [1.82, 2.24) is 19.9 Å². The number of hydrogen-bond donors (Lipinski definition) is 2. The van der Waals surface area contributed by atoms with Crippen molar-refractivity contribution in [2.24, 2.45) is 0 Å². The zero-order valence-electron chi connectivity index (χ0n) is 15.8. The molecule has 148 valence electrons. The number of rotatable bonds is 9. The summed E-state index contributed by atoms with van der Waals surface area (Å²) in [5.41, 5.74) is 0.958. The third-order valence-electron chi connectivity index (χ3n) is 4.02. The molecule has 0 fully saturated rings. The van der Waals surface area contributed by atoms with Gasteiger partial charge in [0.25, 0.3) is 0 Å². The van der Waals surface area contributed by atoms with E-state index in [-0.39, 0.29) is 6.10 Å². The molecule has 0 radical (unpaired) electrons. The number of halogens is 2. The van der Waals surface area contributed by atoms with Gasteiger partial charge in [-0.3, -0.25) is 0 Å². The molecule has 28 heavy (non-hydrogen) atoms. The number of likely N-dealkylation sites (N-methyl/N-ethyl adjacent to an activating group) is 1. The van der Waals surface area contributed by atoms with E-state index in [4.69, 9.17) is 27.9 Å². The minimum Gasteiger partial charge on any atom is -0.466 e. The van der Waals surface area contributed by atoms with E-state index in [1.807, 2.05) is 44.4 Å². The quantitative estimate of drug-likeness (QED) is 0.536. The number of hydrogen-bond acceptors (Lipinski definition) is 5. The number of ether oxygens (including phenoxy) is 1. The van der Waals surface area contributed by atoms with Crippen LogP contribution in [0.2, 0.25) is 10.0 Å². The number of nitrogens with one attached hydrogen (secondary N) is 2. The molecule has 0 aliphatic rings. The fraction of sp³-hybridized carbons (Fsp3) is 0.300. The molecular formula is C20H23Cl2N5O. The minimum absolute atomic E-state index is 0.353. The smallest absolute Gasteiger partial charge is 0.215 e. The lowest BCUT2D eigenvalue weighted by Crippen LogP contribution is -2.21. The number of aromatic amines is 1. The molecule has 2 heterocycles. The van der Waals surface area contributed by atoms with Crippen LogP contribution in [0.15, 0.2) is 48.8 Å². The van der Waals surface area contributed by atoms with Crippen LogP contribution in [0.4, 0.5) is 5.82 Å². The first-order valence-corrected chi connectivity index (χ1v) is 9.72. The lowest BCUT2D eigenvalue weighted by atomic mass is 10.1. The van der Waals surface area contributed by atoms with E-state index in [9.17, 15) is 0 Å². The summed E-state index contributed by atoms with van der Waals surface area (Å²) in [6, 6.07) is 11.1. The van der Waals surface area contributed by atoms with Crippen LogP contribution in [0.3, 0.4) is 0 Å². The Labute approximate surface area is 174 Å². The van der Waals surface area contributed by atoms with Crippen molar-refractivity contribution in [2.75, 3.05) is 32.5 Å². The van der Waals surface area contributed by atoms with Crippen LogP contribution >= 0.6 is 23.2 Å². The van der Waals surface area contributed by atoms with Crippen molar-refractivity contribution >= 4 is 29.0 Å². The molecule has 6 nitrogen and oxygen atoms in total. The Balaban J connectivity index is 1.75. The largest absolute Gasteiger partial charge is 0.466 e. The van der Waals surface area contributed by atoms with Gasteiger partial charge in [0, 0.05) is 48.0 Å². The fourth-order valence-corrected chi connectivity index (χ4v) is 3.29. The second-order valence-electron chi connectivity index (χ2n) is 6.65. The normalized spacial score (nSPS) is 12.2. The standard InChI is InChI=1S/C20H23Cl2N5O/c1-27(2)9-8-23-18-4-3-5-19(26-18)28-17(20-24-6-7-25-20)12-14-10-15(21)13-16(22)11-14/h3-7,10-11,13,17H,8-9,12H2,1-2H3,(H,23,26)(H,24,25). The highest BCUT2D eigenvalue weighted by atomic mass is 35.5. The number of imidazole rings is 1. The van der Waals surface area contributed by atoms with Gasteiger partial charge in [0.05, 0.1) is 0 Å². The van der Waals surface area contributed by atoms with Crippen molar-refractivity contribution in [3.8, 4) is 5.88 Å². The lowest BCUT2D eigenvalue weighted by Gasteiger charge is -2.18. The van der Waals surface area contributed by atoms with E-state index in [2.05, 4.69) is 25.2 Å². The molecule has 2 N–H and O–H groups in total. The van der Waals surface area contributed by atoms with Gasteiger partial charge in [0.15, 0.2) is 6.10 Å². The van der Waals surface area contributed by atoms with Crippen LogP contribution in [0.1, 0.15) is 17.5 Å². The summed E-state index contributed by atoms with van der Waals surface area (Å²) in [5, 5.41) is 4.48. The van der Waals surface area contributed by atoms with Gasteiger partial charge in [-0.05, 0) is 43.9 Å². The van der Waals surface area contributed by atoms with Crippen LogP contribution in [0, 0.1) is 0 Å². The van der Waals surface area contributed by atoms with E-state index in [0.717, 1.165) is 24.5 Å². The number of nitrogens with zero attached hydrogens (tertiary/aromatic N) is 3. The third-order valence-corrected chi connectivity index (χ3v) is 4.46. The Morgan fingerprint density at radius 1 is 1.18 bits per heavy atom. The van der Waals surface area contributed by atoms with E-state index in [0.29, 0.717) is 28.2 Å². The van der Waals surface area contributed by atoms with Gasteiger partial charge in [-0.25, -0.2) is 4.98 Å². The van der Waals surface area contributed by atoms with Gasteiger partial charge in [-0.1, -0.05) is 29.3 Å². The molecule has 8 heteroatoms. The first-order chi connectivity index (χ1) is 13.5. The van der Waals surface area contributed by atoms with Crippen LogP contribution in [-0.2, 0) is 6.42 Å². The average molecular weight is 420 g/mol. The highest BCUT2D eigenvalue weighted by Gasteiger charge is 2.18. The van der Waals surface area contributed by atoms with Crippen molar-refractivity contribution in [3.05, 3.63) is 70.2 Å². The molecule has 0 spiro atoms. The molecule has 0 amide bonds. The van der Waals surface area contributed by atoms with Crippen molar-refractivity contribution in [3.63, 3.8) is 0 Å². The lowest BCUT2D eigenvalue weighted by molar-refractivity contribution is 0.189. The number of H-pyrrole nitrogens is 1. The maximum absolute atomic E-state index is 6.17. The van der Waals surface area contributed by atoms with E-state index >= 15 is 0 Å². The summed E-state index contributed by atoms with van der Waals surface area (Å²) in [7, 11) is 4.06. The molecule has 3 aromatic rings. The Kier molecular flexibility index (Phi) is 7.14. The van der Waals surface area contributed by atoms with Gasteiger partial charge >= 0.3 is 0 Å². The molecule has 3 rings (SSSR count). The fourth-order valence-electron chi connectivity index (χ4n) is 2.72. The van der Waals surface area contributed by atoms with Crippen LogP contribution in [0.5, 0.6) is 5.88 Å². The highest BCUT2D eigenvalue weighted by Crippen LogP contribution is 2.26. The maximum Gasteiger partial charge on any atom is 0.215 e. The summed E-state index contributed by atoms with van der Waals surface area (Å²) < 4.78 is 6.17. The van der Waals surface area contributed by atoms with Crippen molar-refractivity contribution in [2.45, 2.75) is 12.5 Å². The summed E-state index contributed by atoms with van der Waals surface area (Å²) in [4.78, 5) is 14.1. The van der Waals surface area contributed by atoms with Crippen LogP contribution < -0.4 is 10.1 Å². The first-order valence-electron chi connectivity index (χ1n) is 8.96. The molecule has 1 aromatic carbocycles. The molecule has 1 atom stereocenters. The Morgan fingerprint density at radius 2 is 1.96 bits per heavy atom. The summed E-state index contributed by atoms with van der Waals surface area (Å²) in [5.74, 6) is 2.00. The van der Waals surface area contributed by atoms with Gasteiger partial charge in [0.2, 0.25) is 5.88 Å². The number of benzene rings is 1. The number of pyridine rings is 1. The van der Waals surface area contributed by atoms with Crippen molar-refractivity contribution in [1.29, 1.82) is 0 Å². The average Bonchev–Trinajstić information content (AvgIpc) is 3.15. The second-order valence-corrected chi connectivity index (χ2v) is 7.53. The molecule has 1 unspecified atom stereocenters. The molecular weight excluding hydrogens is 397 g/mol. The van der Waals surface area contributed by atoms with Crippen LogP contribution in [-0.4, -0.2) is 47.0 Å². The monoisotopic (exact) mass is 419 g/mol. The zero-order valence-corrected chi connectivity index (χ0v) is 17.3. The third kappa shape index (κ3) is 6.12. The van der Waals surface area contributed by atoms with Crippen LogP contribution in [0.25, 0.3) is 0 Å². The van der Waals surface area contributed by atoms with E-state index < -0.39 is 0 Å². The molecule has 2 aromatic heterocycles. The van der Waals surface area contributed by atoms with Gasteiger partial charge in [-0.2, -0.15) is 4.98 Å². The Hall–Kier alpha value is -2.28. The maximum atomic E-state index is 6.17. The topological polar surface area (TPSA) is 66.1 Å². The minimum atomic E-state index is -0.353. The second kappa shape index (κ2) is 9.78. The van der Waals surface area contributed by atoms with Crippen molar-refractivity contribution < 1.29 is 4.74 Å². The number of aromatic nitrogens is 3. The van der Waals surface area contributed by atoms with Gasteiger partial charge < -0.3 is 19.9 Å². The Bertz CT molecular complexity index is 866. The number of anilines is 1. The molecule has 0 saturated carbocycles. The van der Waals surface area contributed by atoms with E-state index in [1.54, 1.807) is 18.5 Å². The zero-order chi connectivity index (χ0) is 19.9.